The van der Waals surface area contributed by atoms with E-state index < -0.39 is 23.3 Å². The summed E-state index contributed by atoms with van der Waals surface area (Å²) < 4.78 is 11.6. The molecule has 5 aliphatic rings. The molecule has 0 saturated heterocycles. The van der Waals surface area contributed by atoms with Crippen molar-refractivity contribution < 1.29 is 29.0 Å². The molecule has 0 aliphatic heterocycles. The number of esters is 2. The number of allylic oxidation sites excluding steroid dienone is 2. The van der Waals surface area contributed by atoms with E-state index in [2.05, 4.69) is 54.5 Å². The van der Waals surface area contributed by atoms with Gasteiger partial charge in [0, 0.05) is 12.3 Å². The van der Waals surface area contributed by atoms with Gasteiger partial charge in [0.2, 0.25) is 0 Å². The number of carbonyl (C=O) groups excluding carboxylic acids is 2. The molecule has 0 heterocycles. The van der Waals surface area contributed by atoms with Gasteiger partial charge in [0.25, 0.3) is 0 Å². The molecule has 45 heavy (non-hydrogen) atoms. The van der Waals surface area contributed by atoms with Crippen LogP contribution in [0.1, 0.15) is 124 Å². The maximum Gasteiger partial charge on any atom is 0.342 e. The van der Waals surface area contributed by atoms with Crippen LogP contribution in [0.5, 0.6) is 5.75 Å². The average Bonchev–Trinajstić information content (AvgIpc) is 2.96. The van der Waals surface area contributed by atoms with Crippen LogP contribution in [0, 0.1) is 56.7 Å². The van der Waals surface area contributed by atoms with Crippen molar-refractivity contribution in [2.24, 2.45) is 56.7 Å². The zero-order chi connectivity index (χ0) is 32.7. The summed E-state index contributed by atoms with van der Waals surface area (Å²) in [5.74, 6) is 0.621. The molecule has 0 spiro atoms. The van der Waals surface area contributed by atoms with Gasteiger partial charge < -0.3 is 14.6 Å². The minimum Gasteiger partial charge on any atom is -0.481 e. The lowest BCUT2D eigenvalue weighted by Crippen LogP contribution is -2.65. The van der Waals surface area contributed by atoms with E-state index in [1.54, 1.807) is 24.3 Å². The molecule has 1 N–H and O–H groups in total. The minimum atomic E-state index is -0.625. The second-order valence-electron chi connectivity index (χ2n) is 17.0. The number of carboxylic acids is 1. The summed E-state index contributed by atoms with van der Waals surface area (Å²) in [4.78, 5) is 38.2. The van der Waals surface area contributed by atoms with Crippen LogP contribution in [0.15, 0.2) is 35.9 Å². The number of para-hydroxylation sites is 1. The van der Waals surface area contributed by atoms with E-state index in [9.17, 15) is 19.5 Å². The van der Waals surface area contributed by atoms with Gasteiger partial charge in [-0.25, -0.2) is 4.79 Å². The van der Waals surface area contributed by atoms with Gasteiger partial charge in [0.15, 0.2) is 0 Å². The van der Waals surface area contributed by atoms with Gasteiger partial charge in [0.05, 0.1) is 5.41 Å². The SMILES string of the molecule is CC(=O)Oc1ccccc1C(=O)O[C@H]1CC[C@]2(C)[C@H]3CC=C4[C@@H]5[C@@H](C)[C@H](C)CC[C@]5(C(=O)O)CC[C@@]4(C)[C@]3(C)CC[C@H]2C1(C)C. The van der Waals surface area contributed by atoms with Gasteiger partial charge in [0.1, 0.15) is 17.4 Å². The Bertz CT molecular complexity index is 1430. The maximum absolute atomic E-state index is 13.5. The number of aliphatic carboxylic acids is 1. The molecule has 5 aliphatic carbocycles. The molecule has 6 nitrogen and oxygen atoms in total. The Kier molecular flexibility index (Phi) is 7.69. The van der Waals surface area contributed by atoms with E-state index >= 15 is 0 Å². The Morgan fingerprint density at radius 1 is 0.867 bits per heavy atom. The molecule has 4 fully saturated rings. The van der Waals surface area contributed by atoms with Gasteiger partial charge in [-0.2, -0.15) is 0 Å². The molecule has 1 aromatic rings. The van der Waals surface area contributed by atoms with Crippen molar-refractivity contribution in [1.82, 2.24) is 0 Å². The summed E-state index contributed by atoms with van der Waals surface area (Å²) >= 11 is 0. The predicted octanol–water partition coefficient (Wildman–Crippen LogP) is 8.88. The van der Waals surface area contributed by atoms with Crippen LogP contribution in [-0.2, 0) is 14.3 Å². The lowest BCUT2D eigenvalue weighted by molar-refractivity contribution is -0.206. The quantitative estimate of drug-likeness (QED) is 0.206. The normalized spacial score (nSPS) is 43.3. The van der Waals surface area contributed by atoms with Crippen LogP contribution >= 0.6 is 0 Å². The van der Waals surface area contributed by atoms with Crippen LogP contribution in [0.4, 0.5) is 0 Å². The number of carboxylic acid groups (broad SMARTS) is 1. The molecule has 0 aromatic heterocycles. The Hall–Kier alpha value is -2.63. The minimum absolute atomic E-state index is 0.0211. The molecule has 6 heteroatoms. The van der Waals surface area contributed by atoms with Gasteiger partial charge in [-0.15, -0.1) is 0 Å². The number of carbonyl (C=O) groups is 3. The first-order valence-corrected chi connectivity index (χ1v) is 17.5. The van der Waals surface area contributed by atoms with Crippen molar-refractivity contribution in [3.05, 3.63) is 41.5 Å². The molecule has 0 radical (unpaired) electrons. The number of ether oxygens (including phenoxy) is 2. The van der Waals surface area contributed by atoms with Gasteiger partial charge in [-0.1, -0.05) is 72.2 Å². The molecule has 10 atom stereocenters. The van der Waals surface area contributed by atoms with Crippen molar-refractivity contribution in [1.29, 1.82) is 0 Å². The fourth-order valence-corrected chi connectivity index (χ4v) is 12.1. The monoisotopic (exact) mass is 618 g/mol. The van der Waals surface area contributed by atoms with Crippen LogP contribution in [0.3, 0.4) is 0 Å². The van der Waals surface area contributed by atoms with E-state index in [1.165, 1.54) is 12.5 Å². The Balaban J connectivity index is 1.30. The summed E-state index contributed by atoms with van der Waals surface area (Å²) in [6.45, 7) is 18.1. The number of fused-ring (bicyclic) bond motifs is 7. The highest BCUT2D eigenvalue weighted by atomic mass is 16.6. The molecular weight excluding hydrogens is 564 g/mol. The van der Waals surface area contributed by atoms with E-state index in [1.807, 2.05) is 0 Å². The van der Waals surface area contributed by atoms with E-state index in [-0.39, 0.29) is 45.0 Å². The van der Waals surface area contributed by atoms with Crippen molar-refractivity contribution in [3.63, 3.8) is 0 Å². The lowest BCUT2D eigenvalue weighted by atomic mass is 9.33. The van der Waals surface area contributed by atoms with E-state index in [0.29, 0.717) is 23.7 Å². The summed E-state index contributed by atoms with van der Waals surface area (Å²) in [7, 11) is 0. The molecule has 1 aromatic carbocycles. The Labute approximate surface area is 269 Å². The van der Waals surface area contributed by atoms with Crippen molar-refractivity contribution in [2.75, 3.05) is 0 Å². The first-order chi connectivity index (χ1) is 21.0. The van der Waals surface area contributed by atoms with Crippen LogP contribution in [0.2, 0.25) is 0 Å². The third-order valence-corrected chi connectivity index (χ3v) is 15.0. The number of rotatable bonds is 4. The molecule has 6 rings (SSSR count). The van der Waals surface area contributed by atoms with Crippen LogP contribution in [-0.4, -0.2) is 29.1 Å². The summed E-state index contributed by atoms with van der Waals surface area (Å²) in [5.41, 5.74) is 1.02. The molecule has 0 bridgehead atoms. The third-order valence-electron chi connectivity index (χ3n) is 15.0. The zero-order valence-electron chi connectivity index (χ0n) is 28.7. The van der Waals surface area contributed by atoms with E-state index in [4.69, 9.17) is 9.47 Å². The standard InChI is InChI=1S/C39H54O6/c1-23-15-20-39(34(42)43)22-21-37(7)27(32(39)24(23)2)13-14-30-36(6)18-17-31(35(4,5)29(36)16-19-38(30,37)8)45-33(41)26-11-9-10-12-28(26)44-25(3)40/h9-13,23-24,29-32H,14-22H2,1-8H3,(H,42,43)/t23-,24+,29+,30-,31+,32+,36+,37-,38-,39+/m1/s1. The number of benzene rings is 1. The first kappa shape index (κ1) is 32.3. The molecule has 0 unspecified atom stereocenters. The smallest absolute Gasteiger partial charge is 0.342 e. The van der Waals surface area contributed by atoms with Crippen molar-refractivity contribution in [2.45, 2.75) is 119 Å². The molecule has 4 saturated carbocycles. The molecule has 246 valence electrons. The molecule has 0 amide bonds. The highest BCUT2D eigenvalue weighted by molar-refractivity contribution is 5.93. The van der Waals surface area contributed by atoms with Crippen molar-refractivity contribution >= 4 is 17.9 Å². The largest absolute Gasteiger partial charge is 0.481 e. The summed E-state index contributed by atoms with van der Waals surface area (Å²) in [6.07, 6.45) is 10.8. The fourth-order valence-electron chi connectivity index (χ4n) is 12.1. The third kappa shape index (κ3) is 4.50. The second kappa shape index (κ2) is 10.7. The highest BCUT2D eigenvalue weighted by Gasteiger charge is 2.69. The summed E-state index contributed by atoms with van der Waals surface area (Å²) in [6, 6.07) is 6.81. The second-order valence-corrected chi connectivity index (χ2v) is 17.0. The maximum atomic E-state index is 13.5. The van der Waals surface area contributed by atoms with Gasteiger partial charge in [-0.3, -0.25) is 9.59 Å². The Morgan fingerprint density at radius 2 is 1.58 bits per heavy atom. The number of hydrogen-bond acceptors (Lipinski definition) is 5. The average molecular weight is 619 g/mol. The predicted molar refractivity (Wildman–Crippen MR) is 174 cm³/mol. The summed E-state index contributed by atoms with van der Waals surface area (Å²) in [5, 5.41) is 10.7. The topological polar surface area (TPSA) is 89.9 Å². The van der Waals surface area contributed by atoms with E-state index in [0.717, 1.165) is 57.8 Å². The van der Waals surface area contributed by atoms with Gasteiger partial charge >= 0.3 is 17.9 Å². The van der Waals surface area contributed by atoms with Crippen LogP contribution in [0.25, 0.3) is 0 Å². The van der Waals surface area contributed by atoms with Crippen LogP contribution < -0.4 is 4.74 Å². The fraction of sp³-hybridized carbons (Fsp3) is 0.718. The number of hydrogen-bond donors (Lipinski definition) is 1. The lowest BCUT2D eigenvalue weighted by Gasteiger charge is -2.71. The zero-order valence-corrected chi connectivity index (χ0v) is 28.7. The van der Waals surface area contributed by atoms with Gasteiger partial charge in [-0.05, 0) is 116 Å². The first-order valence-electron chi connectivity index (χ1n) is 17.5. The Morgan fingerprint density at radius 3 is 2.27 bits per heavy atom. The van der Waals surface area contributed by atoms with Crippen molar-refractivity contribution in [3.8, 4) is 5.75 Å². The molecular formula is C39H54O6. The highest BCUT2D eigenvalue weighted by Crippen LogP contribution is 2.75.